The number of carbonyl (C=O) groups is 2. The minimum Gasteiger partial charge on any atom is -0.392 e. The number of benzene rings is 2. The fourth-order valence-electron chi connectivity index (χ4n) is 4.15. The van der Waals surface area contributed by atoms with E-state index in [9.17, 15) is 14.7 Å². The maximum absolute atomic E-state index is 13.3. The van der Waals surface area contributed by atoms with Crippen molar-refractivity contribution in [3.05, 3.63) is 54.1 Å². The highest BCUT2D eigenvalue weighted by atomic mass is 16.3. The van der Waals surface area contributed by atoms with Crippen LogP contribution in [0.4, 0.5) is 5.69 Å². The van der Waals surface area contributed by atoms with Gasteiger partial charge in [0.15, 0.2) is 0 Å². The van der Waals surface area contributed by atoms with Gasteiger partial charge in [-0.25, -0.2) is 0 Å². The smallest absolute Gasteiger partial charge is 0.253 e. The molecule has 0 fully saturated rings. The quantitative estimate of drug-likeness (QED) is 0.494. The Bertz CT molecular complexity index is 930. The molecule has 0 aromatic heterocycles. The van der Waals surface area contributed by atoms with Crippen LogP contribution in [0.1, 0.15) is 57.6 Å². The topological polar surface area (TPSA) is 81.7 Å². The molecule has 3 N–H and O–H groups in total. The molecule has 6 heteroatoms. The first-order valence-corrected chi connectivity index (χ1v) is 11.6. The molecule has 2 aromatic carbocycles. The number of unbranched alkanes of at least 4 members (excludes halogenated alkanes) is 3. The van der Waals surface area contributed by atoms with E-state index in [0.29, 0.717) is 6.54 Å². The van der Waals surface area contributed by atoms with Gasteiger partial charge in [-0.1, -0.05) is 75.1 Å². The van der Waals surface area contributed by atoms with Crippen LogP contribution in [-0.4, -0.2) is 42.7 Å². The zero-order chi connectivity index (χ0) is 23.1. The van der Waals surface area contributed by atoms with E-state index in [-0.39, 0.29) is 11.8 Å². The van der Waals surface area contributed by atoms with Crippen LogP contribution in [-0.2, 0) is 9.59 Å². The van der Waals surface area contributed by atoms with Crippen LogP contribution >= 0.6 is 0 Å². The van der Waals surface area contributed by atoms with E-state index in [1.54, 1.807) is 18.9 Å². The normalized spacial score (nSPS) is 17.2. The summed E-state index contributed by atoms with van der Waals surface area (Å²) in [6, 6.07) is 14.2. The molecular formula is C26H35N3O3. The Hall–Kier alpha value is -2.70. The second-order valence-electron chi connectivity index (χ2n) is 8.58. The number of nitrogens with one attached hydrogen (secondary N) is 2. The van der Waals surface area contributed by atoms with Gasteiger partial charge < -0.3 is 20.6 Å². The van der Waals surface area contributed by atoms with Gasteiger partial charge in [-0.2, -0.15) is 0 Å². The second kappa shape index (κ2) is 11.2. The second-order valence-corrected chi connectivity index (χ2v) is 8.58. The Labute approximate surface area is 191 Å². The first kappa shape index (κ1) is 24.0. The molecule has 32 heavy (non-hydrogen) atoms. The lowest BCUT2D eigenvalue weighted by Crippen LogP contribution is -2.48. The first-order chi connectivity index (χ1) is 15.4. The number of carbonyl (C=O) groups excluding carboxylic acids is 2. The molecule has 6 nitrogen and oxygen atoms in total. The van der Waals surface area contributed by atoms with Crippen LogP contribution in [0.3, 0.4) is 0 Å². The Morgan fingerprint density at radius 2 is 1.75 bits per heavy atom. The van der Waals surface area contributed by atoms with Crippen molar-refractivity contribution in [2.45, 2.75) is 64.1 Å². The Balaban J connectivity index is 1.69. The summed E-state index contributed by atoms with van der Waals surface area (Å²) in [4.78, 5) is 27.9. The molecule has 1 aliphatic heterocycles. The van der Waals surface area contributed by atoms with Crippen molar-refractivity contribution in [2.24, 2.45) is 0 Å². The van der Waals surface area contributed by atoms with E-state index in [1.807, 2.05) is 48.5 Å². The molecule has 0 radical (unpaired) electrons. The minimum absolute atomic E-state index is 0.182. The maximum atomic E-state index is 13.3. The third-order valence-electron chi connectivity index (χ3n) is 6.14. The van der Waals surface area contributed by atoms with Crippen LogP contribution in [0, 0.1) is 0 Å². The van der Waals surface area contributed by atoms with Crippen molar-refractivity contribution < 1.29 is 14.7 Å². The number of rotatable bonds is 10. The lowest BCUT2D eigenvalue weighted by molar-refractivity contribution is -0.128. The van der Waals surface area contributed by atoms with Gasteiger partial charge in [0.2, 0.25) is 5.91 Å². The highest BCUT2D eigenvalue weighted by Gasteiger charge is 2.33. The molecular weight excluding hydrogens is 402 g/mol. The summed E-state index contributed by atoms with van der Waals surface area (Å²) in [5.74, 6) is -0.449. The van der Waals surface area contributed by atoms with Gasteiger partial charge >= 0.3 is 0 Å². The molecule has 1 heterocycles. The molecule has 3 atom stereocenters. The van der Waals surface area contributed by atoms with Crippen molar-refractivity contribution in [3.63, 3.8) is 0 Å². The van der Waals surface area contributed by atoms with Crippen molar-refractivity contribution in [2.75, 3.05) is 18.5 Å². The van der Waals surface area contributed by atoms with Crippen LogP contribution in [0.2, 0.25) is 0 Å². The van der Waals surface area contributed by atoms with Crippen LogP contribution in [0.5, 0.6) is 0 Å². The van der Waals surface area contributed by atoms with Crippen molar-refractivity contribution in [1.29, 1.82) is 0 Å². The molecule has 0 spiro atoms. The number of aliphatic hydroxyl groups excluding tert-OH is 1. The Morgan fingerprint density at radius 1 is 1.06 bits per heavy atom. The van der Waals surface area contributed by atoms with E-state index >= 15 is 0 Å². The van der Waals surface area contributed by atoms with Crippen molar-refractivity contribution >= 4 is 17.5 Å². The monoisotopic (exact) mass is 437 g/mol. The number of anilines is 1. The number of nitrogens with zero attached hydrogens (tertiary/aromatic N) is 1. The standard InChI is InChI=1S/C26H35N3O3/c1-4-5-6-7-12-19(30)17-27-18(2)25(31)28-24-22-15-9-8-13-20(22)21-14-10-11-16-23(21)29(3)26(24)32/h8-11,13-16,18-19,24,27,30H,4-7,12,17H2,1-3H3,(H,28,31). The van der Waals surface area contributed by atoms with E-state index < -0.39 is 18.2 Å². The summed E-state index contributed by atoms with van der Waals surface area (Å²) in [5, 5.41) is 16.2. The number of hydrogen-bond acceptors (Lipinski definition) is 4. The van der Waals surface area contributed by atoms with Crippen molar-refractivity contribution in [3.8, 4) is 11.1 Å². The first-order valence-electron chi connectivity index (χ1n) is 11.6. The summed E-state index contributed by atoms with van der Waals surface area (Å²) in [6.45, 7) is 4.26. The van der Waals surface area contributed by atoms with Crippen LogP contribution in [0.15, 0.2) is 48.5 Å². The molecule has 0 bridgehead atoms. The molecule has 172 valence electrons. The SMILES string of the molecule is CCCCCCC(O)CNC(C)C(=O)NC1C(=O)N(C)c2ccccc2-c2ccccc21. The van der Waals surface area contributed by atoms with E-state index in [4.69, 9.17) is 0 Å². The number of aliphatic hydroxyl groups is 1. The lowest BCUT2D eigenvalue weighted by Gasteiger charge is -2.25. The molecule has 0 saturated heterocycles. The maximum Gasteiger partial charge on any atom is 0.253 e. The molecule has 3 unspecified atom stereocenters. The number of likely N-dealkylation sites (N-methyl/N-ethyl adjacent to an activating group) is 1. The van der Waals surface area contributed by atoms with Gasteiger partial charge in [-0.3, -0.25) is 9.59 Å². The Kier molecular flexibility index (Phi) is 8.42. The van der Waals surface area contributed by atoms with Gasteiger partial charge in [0.05, 0.1) is 17.8 Å². The summed E-state index contributed by atoms with van der Waals surface area (Å²) < 4.78 is 0. The van der Waals surface area contributed by atoms with E-state index in [0.717, 1.165) is 48.1 Å². The summed E-state index contributed by atoms with van der Waals surface area (Å²) >= 11 is 0. The average molecular weight is 438 g/mol. The number of fused-ring (bicyclic) bond motifs is 3. The fraction of sp³-hybridized carbons (Fsp3) is 0.462. The van der Waals surface area contributed by atoms with Gasteiger partial charge in [-0.05, 0) is 30.5 Å². The lowest BCUT2D eigenvalue weighted by atomic mass is 9.95. The molecule has 2 amide bonds. The minimum atomic E-state index is -0.778. The molecule has 0 aliphatic carbocycles. The van der Waals surface area contributed by atoms with E-state index in [2.05, 4.69) is 17.6 Å². The zero-order valence-corrected chi connectivity index (χ0v) is 19.3. The zero-order valence-electron chi connectivity index (χ0n) is 19.3. The summed E-state index contributed by atoms with van der Waals surface area (Å²) in [7, 11) is 1.74. The largest absolute Gasteiger partial charge is 0.392 e. The van der Waals surface area contributed by atoms with Gasteiger partial charge in [0.25, 0.3) is 5.91 Å². The fourth-order valence-corrected chi connectivity index (χ4v) is 4.15. The van der Waals surface area contributed by atoms with Crippen molar-refractivity contribution in [1.82, 2.24) is 10.6 Å². The highest BCUT2D eigenvalue weighted by molar-refractivity contribution is 6.06. The van der Waals surface area contributed by atoms with Crippen LogP contribution < -0.4 is 15.5 Å². The number of hydrogen-bond donors (Lipinski definition) is 3. The summed E-state index contributed by atoms with van der Waals surface area (Å²) in [6.07, 6.45) is 4.67. The van der Waals surface area contributed by atoms with Gasteiger partial charge in [-0.15, -0.1) is 0 Å². The molecule has 2 aromatic rings. The number of amides is 2. The molecule has 3 rings (SSSR count). The predicted molar refractivity (Wildman–Crippen MR) is 128 cm³/mol. The average Bonchev–Trinajstić information content (AvgIpc) is 2.90. The van der Waals surface area contributed by atoms with Crippen LogP contribution in [0.25, 0.3) is 11.1 Å². The summed E-state index contributed by atoms with van der Waals surface area (Å²) in [5.41, 5.74) is 3.51. The van der Waals surface area contributed by atoms with E-state index in [1.165, 1.54) is 6.42 Å². The predicted octanol–water partition coefficient (Wildman–Crippen LogP) is 3.80. The molecule has 0 saturated carbocycles. The third kappa shape index (κ3) is 5.56. The third-order valence-corrected chi connectivity index (χ3v) is 6.14. The van der Waals surface area contributed by atoms with Gasteiger partial charge in [0.1, 0.15) is 6.04 Å². The Morgan fingerprint density at radius 3 is 2.50 bits per heavy atom. The van der Waals surface area contributed by atoms with Gasteiger partial charge in [0, 0.05) is 19.2 Å². The molecule has 1 aliphatic rings. The highest BCUT2D eigenvalue weighted by Crippen LogP contribution is 2.39. The number of para-hydroxylation sites is 1.